The summed E-state index contributed by atoms with van der Waals surface area (Å²) in [5.41, 5.74) is 0.771. The highest BCUT2D eigenvalue weighted by Gasteiger charge is 2.49. The van der Waals surface area contributed by atoms with Crippen LogP contribution in [0.25, 0.3) is 0 Å². The van der Waals surface area contributed by atoms with Gasteiger partial charge in [0.05, 0.1) is 0 Å². The summed E-state index contributed by atoms with van der Waals surface area (Å²) < 4.78 is 0. The lowest BCUT2D eigenvalue weighted by atomic mass is 10.1. The summed E-state index contributed by atoms with van der Waals surface area (Å²) in [6.07, 6.45) is 7.24. The first kappa shape index (κ1) is 14.5. The molecular weight excluding hydrogens is 211 g/mol. The lowest BCUT2D eigenvalue weighted by Crippen LogP contribution is -2.27. The predicted molar refractivity (Wildman–Crippen MR) is 65.6 cm³/mol. The monoisotopic (exact) mass is 231 g/mol. The number of allylic oxidation sites excluding steroid dienone is 4. The van der Waals surface area contributed by atoms with Crippen LogP contribution in [-0.4, -0.2) is 26.9 Å². The molecule has 86 valence electrons. The van der Waals surface area contributed by atoms with Crippen LogP contribution in [0.5, 0.6) is 0 Å². The van der Waals surface area contributed by atoms with Gasteiger partial charge in [-0.15, -0.1) is 0 Å². The van der Waals surface area contributed by atoms with Crippen LogP contribution in [0.3, 0.4) is 0 Å². The molecule has 0 aromatic heterocycles. The van der Waals surface area contributed by atoms with Crippen molar-refractivity contribution in [1.82, 2.24) is 0 Å². The third-order valence-corrected chi connectivity index (χ3v) is 4.20. The summed E-state index contributed by atoms with van der Waals surface area (Å²) in [4.78, 5) is 18.9. The molecule has 0 aliphatic rings. The van der Waals surface area contributed by atoms with Crippen LogP contribution in [0, 0.1) is 0 Å². The lowest BCUT2D eigenvalue weighted by Gasteiger charge is -2.25. The van der Waals surface area contributed by atoms with Crippen molar-refractivity contribution in [1.29, 1.82) is 0 Å². The fraction of sp³-hybridized carbons (Fsp3) is 0.455. The molecule has 0 saturated heterocycles. The third kappa shape index (κ3) is 4.72. The minimum absolute atomic E-state index is 0.179. The SMILES string of the molecule is C=CC(=CC=CC)CC(C)(O)[P+](C)(O)O. The summed E-state index contributed by atoms with van der Waals surface area (Å²) in [7, 11) is -3.27. The van der Waals surface area contributed by atoms with Crippen molar-refractivity contribution in [3.05, 3.63) is 36.5 Å². The molecule has 0 bridgehead atoms. The first-order valence-corrected chi connectivity index (χ1v) is 6.87. The Morgan fingerprint density at radius 2 is 2.00 bits per heavy atom. The van der Waals surface area contributed by atoms with Crippen molar-refractivity contribution in [2.75, 3.05) is 6.66 Å². The van der Waals surface area contributed by atoms with E-state index >= 15 is 0 Å². The van der Waals surface area contributed by atoms with Crippen molar-refractivity contribution in [2.24, 2.45) is 0 Å². The van der Waals surface area contributed by atoms with Crippen molar-refractivity contribution in [3.8, 4) is 0 Å². The number of hydrogen-bond acceptors (Lipinski definition) is 3. The number of hydrogen-bond donors (Lipinski definition) is 3. The minimum atomic E-state index is -3.27. The van der Waals surface area contributed by atoms with E-state index in [4.69, 9.17) is 0 Å². The van der Waals surface area contributed by atoms with Gasteiger partial charge in [-0.2, -0.15) is 0 Å². The molecule has 0 amide bonds. The molecular formula is C11H20O3P+. The van der Waals surface area contributed by atoms with Gasteiger partial charge < -0.3 is 5.11 Å². The van der Waals surface area contributed by atoms with E-state index < -0.39 is 13.1 Å². The molecule has 1 unspecified atom stereocenters. The summed E-state index contributed by atoms with van der Waals surface area (Å²) in [5.74, 6) is 0. The summed E-state index contributed by atoms with van der Waals surface area (Å²) in [6.45, 7) is 8.19. The van der Waals surface area contributed by atoms with E-state index in [9.17, 15) is 14.9 Å². The van der Waals surface area contributed by atoms with Crippen LogP contribution in [-0.2, 0) is 0 Å². The van der Waals surface area contributed by atoms with Crippen molar-refractivity contribution < 1.29 is 14.9 Å². The second-order valence-corrected chi connectivity index (χ2v) is 6.57. The maximum atomic E-state index is 9.89. The highest BCUT2D eigenvalue weighted by molar-refractivity contribution is 7.65. The Labute approximate surface area is 92.0 Å². The Bertz CT molecular complexity index is 272. The Hall–Kier alpha value is -0.470. The molecule has 3 nitrogen and oxygen atoms in total. The van der Waals surface area contributed by atoms with Gasteiger partial charge in [0.2, 0.25) is 5.34 Å². The van der Waals surface area contributed by atoms with Gasteiger partial charge in [-0.25, -0.2) is 9.79 Å². The fourth-order valence-electron chi connectivity index (χ4n) is 0.955. The smallest absolute Gasteiger partial charge is 0.296 e. The zero-order chi connectivity index (χ0) is 12.1. The van der Waals surface area contributed by atoms with E-state index in [2.05, 4.69) is 6.58 Å². The van der Waals surface area contributed by atoms with E-state index in [1.165, 1.54) is 13.6 Å². The van der Waals surface area contributed by atoms with E-state index in [0.717, 1.165) is 5.57 Å². The number of rotatable bonds is 5. The van der Waals surface area contributed by atoms with Crippen LogP contribution in [0.4, 0.5) is 0 Å². The molecule has 0 aromatic rings. The van der Waals surface area contributed by atoms with Crippen LogP contribution >= 0.6 is 7.72 Å². The highest BCUT2D eigenvalue weighted by atomic mass is 31.2. The topological polar surface area (TPSA) is 60.7 Å². The summed E-state index contributed by atoms with van der Waals surface area (Å²) >= 11 is 0. The zero-order valence-electron chi connectivity index (χ0n) is 9.51. The van der Waals surface area contributed by atoms with Crippen molar-refractivity contribution in [3.63, 3.8) is 0 Å². The molecule has 0 spiro atoms. The molecule has 0 saturated carbocycles. The van der Waals surface area contributed by atoms with E-state index in [1.807, 2.05) is 19.1 Å². The van der Waals surface area contributed by atoms with Gasteiger partial charge >= 0.3 is 0 Å². The van der Waals surface area contributed by atoms with Crippen LogP contribution in [0.2, 0.25) is 0 Å². The summed E-state index contributed by atoms with van der Waals surface area (Å²) in [5, 5.41) is 8.40. The second-order valence-electron chi connectivity index (χ2n) is 3.78. The molecule has 0 rings (SSSR count). The normalized spacial score (nSPS) is 17.9. The molecule has 0 radical (unpaired) electrons. The average molecular weight is 231 g/mol. The maximum Gasteiger partial charge on any atom is 0.296 e. The van der Waals surface area contributed by atoms with Crippen molar-refractivity contribution in [2.45, 2.75) is 25.6 Å². The van der Waals surface area contributed by atoms with Crippen LogP contribution in [0.1, 0.15) is 20.3 Å². The van der Waals surface area contributed by atoms with Crippen LogP contribution < -0.4 is 0 Å². The molecule has 0 fully saturated rings. The molecule has 15 heavy (non-hydrogen) atoms. The van der Waals surface area contributed by atoms with Gasteiger partial charge in [0.25, 0.3) is 7.72 Å². The van der Waals surface area contributed by atoms with Gasteiger partial charge in [0.15, 0.2) is 0 Å². The van der Waals surface area contributed by atoms with Gasteiger partial charge in [0, 0.05) is 13.3 Å². The van der Waals surface area contributed by atoms with E-state index in [-0.39, 0.29) is 6.42 Å². The molecule has 3 N–H and O–H groups in total. The quantitative estimate of drug-likeness (QED) is 0.502. The number of aliphatic hydroxyl groups is 1. The minimum Gasteiger partial charge on any atom is -0.353 e. The van der Waals surface area contributed by atoms with E-state index in [0.29, 0.717) is 0 Å². The predicted octanol–water partition coefficient (Wildman–Crippen LogP) is 2.24. The van der Waals surface area contributed by atoms with Crippen molar-refractivity contribution >= 4 is 7.72 Å². The molecule has 0 aromatic carbocycles. The van der Waals surface area contributed by atoms with Gasteiger partial charge in [0.1, 0.15) is 6.66 Å². The largest absolute Gasteiger partial charge is 0.353 e. The van der Waals surface area contributed by atoms with Gasteiger partial charge in [-0.05, 0) is 12.5 Å². The molecule has 0 heterocycles. The average Bonchev–Trinajstić information content (AvgIpc) is 2.10. The highest BCUT2D eigenvalue weighted by Crippen LogP contribution is 2.59. The molecule has 0 aliphatic heterocycles. The Morgan fingerprint density at radius 3 is 2.33 bits per heavy atom. The molecule has 1 atom stereocenters. The third-order valence-electron chi connectivity index (χ3n) is 2.22. The Morgan fingerprint density at radius 1 is 1.47 bits per heavy atom. The first-order chi connectivity index (χ1) is 6.74. The molecule has 4 heteroatoms. The zero-order valence-corrected chi connectivity index (χ0v) is 10.4. The first-order valence-electron chi connectivity index (χ1n) is 4.73. The standard InChI is InChI=1S/C11H20O3P/c1-5-7-8-10(6-2)9-11(3,12)15(4,13)14/h5-8,12-14H,2,9H2,1,3-4H3/q+1. The molecule has 0 aliphatic carbocycles. The summed E-state index contributed by atoms with van der Waals surface area (Å²) in [6, 6.07) is 0. The van der Waals surface area contributed by atoms with Gasteiger partial charge in [-0.1, -0.05) is 30.9 Å². The van der Waals surface area contributed by atoms with Gasteiger partial charge in [-0.3, -0.25) is 0 Å². The Balaban J connectivity index is 4.76. The Kier molecular flexibility index (Phi) is 5.39. The maximum absolute atomic E-state index is 9.89. The lowest BCUT2D eigenvalue weighted by molar-refractivity contribution is 0.121. The fourth-order valence-corrected chi connectivity index (χ4v) is 1.44. The van der Waals surface area contributed by atoms with E-state index in [1.54, 1.807) is 12.2 Å². The second kappa shape index (κ2) is 5.57. The van der Waals surface area contributed by atoms with Crippen LogP contribution in [0.15, 0.2) is 36.5 Å².